The van der Waals surface area contributed by atoms with Gasteiger partial charge in [0, 0.05) is 5.75 Å². The van der Waals surface area contributed by atoms with Crippen LogP contribution in [0, 0.1) is 5.92 Å². The average molecular weight is 217 g/mol. The summed E-state index contributed by atoms with van der Waals surface area (Å²) in [5.74, 6) is 1.43. The molecule has 0 spiro atoms. The summed E-state index contributed by atoms with van der Waals surface area (Å²) in [4.78, 5) is 13.5. The first kappa shape index (κ1) is 11.9. The smallest absolute Gasteiger partial charge is 0.323 e. The molecular formula is C10H19NO2S. The number of carbonyl (C=O) groups excluding carboxylic acids is 1. The van der Waals surface area contributed by atoms with Crippen molar-refractivity contribution in [2.45, 2.75) is 31.7 Å². The van der Waals surface area contributed by atoms with E-state index in [4.69, 9.17) is 4.74 Å². The zero-order valence-corrected chi connectivity index (χ0v) is 10.1. The number of rotatable bonds is 3. The Labute approximate surface area is 90.2 Å². The summed E-state index contributed by atoms with van der Waals surface area (Å²) in [6.45, 7) is 4.42. The SMILES string of the molecule is COC(=O)[C@@H]1CSC(CC(C)C)N1C. The Morgan fingerprint density at radius 2 is 2.29 bits per heavy atom. The number of carbonyl (C=O) groups is 1. The van der Waals surface area contributed by atoms with E-state index in [1.165, 1.54) is 7.11 Å². The Bertz CT molecular complexity index is 208. The summed E-state index contributed by atoms with van der Waals surface area (Å²) in [5, 5.41) is 0.471. The molecule has 2 atom stereocenters. The molecule has 1 rings (SSSR count). The van der Waals surface area contributed by atoms with E-state index in [1.807, 2.05) is 18.8 Å². The van der Waals surface area contributed by atoms with E-state index in [0.717, 1.165) is 12.2 Å². The van der Waals surface area contributed by atoms with Gasteiger partial charge in [0.2, 0.25) is 0 Å². The van der Waals surface area contributed by atoms with Crippen LogP contribution < -0.4 is 0 Å². The second-order valence-electron chi connectivity index (χ2n) is 4.12. The van der Waals surface area contributed by atoms with Crippen LogP contribution in [-0.4, -0.2) is 42.2 Å². The van der Waals surface area contributed by atoms with E-state index in [0.29, 0.717) is 11.3 Å². The Kier molecular flexibility index (Phi) is 4.26. The fraction of sp³-hybridized carbons (Fsp3) is 0.900. The number of hydrogen-bond donors (Lipinski definition) is 0. The maximum absolute atomic E-state index is 11.4. The minimum atomic E-state index is -0.105. The van der Waals surface area contributed by atoms with Gasteiger partial charge < -0.3 is 4.74 Å². The first-order valence-corrected chi connectivity index (χ1v) is 6.02. The lowest BCUT2D eigenvalue weighted by molar-refractivity contribution is -0.145. The number of ether oxygens (including phenoxy) is 1. The Balaban J connectivity index is 2.50. The van der Waals surface area contributed by atoms with Crippen LogP contribution in [0.5, 0.6) is 0 Å². The zero-order chi connectivity index (χ0) is 10.7. The van der Waals surface area contributed by atoms with Crippen molar-refractivity contribution in [1.29, 1.82) is 0 Å². The topological polar surface area (TPSA) is 29.5 Å². The molecule has 82 valence electrons. The van der Waals surface area contributed by atoms with Crippen LogP contribution in [0.2, 0.25) is 0 Å². The molecule has 0 aliphatic carbocycles. The first-order valence-electron chi connectivity index (χ1n) is 4.97. The van der Waals surface area contributed by atoms with Crippen LogP contribution in [0.4, 0.5) is 0 Å². The third kappa shape index (κ3) is 2.64. The van der Waals surface area contributed by atoms with E-state index in [1.54, 1.807) is 0 Å². The van der Waals surface area contributed by atoms with Crippen LogP contribution in [0.1, 0.15) is 20.3 Å². The van der Waals surface area contributed by atoms with Crippen molar-refractivity contribution in [3.63, 3.8) is 0 Å². The molecule has 1 fully saturated rings. The van der Waals surface area contributed by atoms with Gasteiger partial charge >= 0.3 is 5.97 Å². The number of likely N-dealkylation sites (N-methyl/N-ethyl adjacent to an activating group) is 1. The predicted octanol–water partition coefficient (Wildman–Crippen LogP) is 1.58. The highest BCUT2D eigenvalue weighted by molar-refractivity contribution is 8.00. The largest absolute Gasteiger partial charge is 0.468 e. The number of methoxy groups -OCH3 is 1. The molecule has 3 nitrogen and oxygen atoms in total. The summed E-state index contributed by atoms with van der Waals surface area (Å²) in [5.41, 5.74) is 0. The molecule has 0 bridgehead atoms. The fourth-order valence-electron chi connectivity index (χ4n) is 1.65. The molecule has 1 aliphatic heterocycles. The van der Waals surface area contributed by atoms with Gasteiger partial charge in [0.15, 0.2) is 0 Å². The molecule has 1 aliphatic rings. The first-order chi connectivity index (χ1) is 6.56. The van der Waals surface area contributed by atoms with Gasteiger partial charge in [-0.2, -0.15) is 0 Å². The van der Waals surface area contributed by atoms with Gasteiger partial charge in [-0.25, -0.2) is 0 Å². The van der Waals surface area contributed by atoms with Gasteiger partial charge in [-0.3, -0.25) is 9.69 Å². The molecule has 0 N–H and O–H groups in total. The van der Waals surface area contributed by atoms with Crippen LogP contribution in [0.15, 0.2) is 0 Å². The number of hydrogen-bond acceptors (Lipinski definition) is 4. The molecule has 0 aromatic carbocycles. The summed E-state index contributed by atoms with van der Waals surface area (Å²) >= 11 is 1.86. The molecule has 0 saturated carbocycles. The average Bonchev–Trinajstić information content (AvgIpc) is 2.46. The van der Waals surface area contributed by atoms with Gasteiger partial charge in [-0.15, -0.1) is 11.8 Å². The quantitative estimate of drug-likeness (QED) is 0.671. The van der Waals surface area contributed by atoms with Crippen LogP contribution in [-0.2, 0) is 9.53 Å². The van der Waals surface area contributed by atoms with Crippen molar-refractivity contribution in [3.8, 4) is 0 Å². The van der Waals surface area contributed by atoms with Gasteiger partial charge in [0.1, 0.15) is 6.04 Å². The van der Waals surface area contributed by atoms with Crippen molar-refractivity contribution in [2.75, 3.05) is 19.9 Å². The minimum absolute atomic E-state index is 0.0475. The van der Waals surface area contributed by atoms with Gasteiger partial charge in [-0.1, -0.05) is 13.8 Å². The molecule has 1 heterocycles. The standard InChI is InChI=1S/C10H19NO2S/c1-7(2)5-9-11(3)8(6-14-9)10(12)13-4/h7-9H,5-6H2,1-4H3/t8-,9?/m0/s1. The van der Waals surface area contributed by atoms with Gasteiger partial charge in [0.25, 0.3) is 0 Å². The molecule has 14 heavy (non-hydrogen) atoms. The lowest BCUT2D eigenvalue weighted by Gasteiger charge is -2.24. The second-order valence-corrected chi connectivity index (χ2v) is 5.33. The summed E-state index contributed by atoms with van der Waals surface area (Å²) in [7, 11) is 3.46. The molecule has 0 amide bonds. The molecule has 4 heteroatoms. The third-order valence-corrected chi connectivity index (χ3v) is 3.96. The maximum atomic E-state index is 11.4. The number of esters is 1. The van der Waals surface area contributed by atoms with Crippen LogP contribution in [0.25, 0.3) is 0 Å². The summed E-state index contributed by atoms with van der Waals surface area (Å²) in [6, 6.07) is -0.0475. The van der Waals surface area contributed by atoms with Crippen molar-refractivity contribution in [2.24, 2.45) is 5.92 Å². The monoisotopic (exact) mass is 217 g/mol. The predicted molar refractivity (Wildman–Crippen MR) is 59.3 cm³/mol. The molecule has 0 aromatic rings. The van der Waals surface area contributed by atoms with E-state index in [2.05, 4.69) is 18.7 Å². The van der Waals surface area contributed by atoms with E-state index in [-0.39, 0.29) is 12.0 Å². The maximum Gasteiger partial charge on any atom is 0.323 e. The lowest BCUT2D eigenvalue weighted by Crippen LogP contribution is -2.39. The summed E-state index contributed by atoms with van der Waals surface area (Å²) < 4.78 is 4.76. The molecule has 0 radical (unpaired) electrons. The second kappa shape index (κ2) is 5.03. The number of nitrogens with zero attached hydrogens (tertiary/aromatic N) is 1. The Morgan fingerprint density at radius 1 is 1.64 bits per heavy atom. The highest BCUT2D eigenvalue weighted by atomic mass is 32.2. The minimum Gasteiger partial charge on any atom is -0.468 e. The zero-order valence-electron chi connectivity index (χ0n) is 9.32. The normalized spacial score (nSPS) is 28.4. The Hall–Kier alpha value is -0.220. The number of thioether (sulfide) groups is 1. The van der Waals surface area contributed by atoms with E-state index < -0.39 is 0 Å². The highest BCUT2D eigenvalue weighted by Gasteiger charge is 2.36. The summed E-state index contributed by atoms with van der Waals surface area (Å²) in [6.07, 6.45) is 1.13. The van der Waals surface area contributed by atoms with Crippen molar-refractivity contribution < 1.29 is 9.53 Å². The van der Waals surface area contributed by atoms with Crippen molar-refractivity contribution in [3.05, 3.63) is 0 Å². The molecule has 0 aromatic heterocycles. The van der Waals surface area contributed by atoms with Crippen molar-refractivity contribution >= 4 is 17.7 Å². The van der Waals surface area contributed by atoms with E-state index in [9.17, 15) is 4.79 Å². The van der Waals surface area contributed by atoms with Gasteiger partial charge in [0.05, 0.1) is 12.5 Å². The lowest BCUT2D eigenvalue weighted by atomic mass is 10.1. The molecule has 1 unspecified atom stereocenters. The molecular weight excluding hydrogens is 198 g/mol. The fourth-order valence-corrected chi connectivity index (χ4v) is 3.32. The Morgan fingerprint density at radius 3 is 2.79 bits per heavy atom. The highest BCUT2D eigenvalue weighted by Crippen LogP contribution is 2.32. The molecule has 1 saturated heterocycles. The van der Waals surface area contributed by atoms with Crippen LogP contribution in [0.3, 0.4) is 0 Å². The third-order valence-electron chi connectivity index (χ3n) is 2.54. The van der Waals surface area contributed by atoms with Gasteiger partial charge in [-0.05, 0) is 19.4 Å². The van der Waals surface area contributed by atoms with E-state index >= 15 is 0 Å². The van der Waals surface area contributed by atoms with Crippen LogP contribution >= 0.6 is 11.8 Å². The van der Waals surface area contributed by atoms with Crippen molar-refractivity contribution in [1.82, 2.24) is 4.90 Å².